The first-order chi connectivity index (χ1) is 15.3. The highest BCUT2D eigenvalue weighted by Gasteiger charge is 2.22. The lowest BCUT2D eigenvalue weighted by Gasteiger charge is -2.21. The van der Waals surface area contributed by atoms with Crippen LogP contribution in [0.2, 0.25) is 0 Å². The Kier molecular flexibility index (Phi) is 7.48. The number of nitrogens with one attached hydrogen (secondary N) is 2. The van der Waals surface area contributed by atoms with E-state index in [9.17, 15) is 14.4 Å². The minimum absolute atomic E-state index is 0.0590. The lowest BCUT2D eigenvalue weighted by Crippen LogP contribution is -2.31. The van der Waals surface area contributed by atoms with Gasteiger partial charge in [0.2, 0.25) is 5.91 Å². The third-order valence-electron chi connectivity index (χ3n) is 4.96. The minimum Gasteiger partial charge on any atom is -0.444 e. The Balaban J connectivity index is 1.74. The fourth-order valence-electron chi connectivity index (χ4n) is 3.12. The molecule has 0 aliphatic carbocycles. The Morgan fingerprint density at radius 1 is 1.03 bits per heavy atom. The van der Waals surface area contributed by atoms with Crippen molar-refractivity contribution in [1.82, 2.24) is 5.32 Å². The van der Waals surface area contributed by atoms with E-state index in [-0.39, 0.29) is 29.5 Å². The van der Waals surface area contributed by atoms with Crippen LogP contribution in [0.15, 0.2) is 69.8 Å². The van der Waals surface area contributed by atoms with E-state index in [0.29, 0.717) is 28.0 Å². The molecule has 3 rings (SSSR count). The van der Waals surface area contributed by atoms with Crippen molar-refractivity contribution in [1.29, 1.82) is 0 Å². The Hall–Kier alpha value is -3.39. The van der Waals surface area contributed by atoms with Gasteiger partial charge in [-0.15, -0.1) is 0 Å². The molecule has 1 unspecified atom stereocenters. The lowest BCUT2D eigenvalue weighted by molar-refractivity contribution is -0.115. The SMILES string of the molecule is CCC(=O)Nc1ccc(C(C)NC(=O)c2ccccc2N(C)C(=O)c2ccc(Br)o2)cc1. The summed E-state index contributed by atoms with van der Waals surface area (Å²) < 4.78 is 5.80. The molecule has 0 saturated carbocycles. The van der Waals surface area contributed by atoms with E-state index in [1.807, 2.05) is 19.1 Å². The van der Waals surface area contributed by atoms with Crippen molar-refractivity contribution in [2.24, 2.45) is 0 Å². The smallest absolute Gasteiger partial charge is 0.293 e. The van der Waals surface area contributed by atoms with E-state index in [1.165, 1.54) is 4.90 Å². The van der Waals surface area contributed by atoms with Gasteiger partial charge in [-0.1, -0.05) is 31.2 Å². The number of rotatable bonds is 7. The first-order valence-electron chi connectivity index (χ1n) is 10.1. The average Bonchev–Trinajstić information content (AvgIpc) is 3.24. The Labute approximate surface area is 194 Å². The number of benzene rings is 2. The molecule has 0 aliphatic heterocycles. The average molecular weight is 498 g/mol. The third kappa shape index (κ3) is 5.45. The molecule has 3 aromatic rings. The van der Waals surface area contributed by atoms with Crippen molar-refractivity contribution >= 4 is 45.0 Å². The molecule has 2 N–H and O–H groups in total. The van der Waals surface area contributed by atoms with E-state index in [1.54, 1.807) is 62.5 Å². The van der Waals surface area contributed by atoms with Gasteiger partial charge < -0.3 is 20.0 Å². The van der Waals surface area contributed by atoms with Crippen LogP contribution in [0.4, 0.5) is 11.4 Å². The summed E-state index contributed by atoms with van der Waals surface area (Å²) in [5.74, 6) is -0.569. The predicted octanol–water partition coefficient (Wildman–Crippen LogP) is 5.16. The number of hydrogen-bond donors (Lipinski definition) is 2. The monoisotopic (exact) mass is 497 g/mol. The largest absolute Gasteiger partial charge is 0.444 e. The van der Waals surface area contributed by atoms with Gasteiger partial charge in [0.1, 0.15) is 0 Å². The summed E-state index contributed by atoms with van der Waals surface area (Å²) in [6.45, 7) is 3.66. The van der Waals surface area contributed by atoms with E-state index >= 15 is 0 Å². The van der Waals surface area contributed by atoms with Crippen LogP contribution >= 0.6 is 15.9 Å². The van der Waals surface area contributed by atoms with Crippen molar-refractivity contribution < 1.29 is 18.8 Å². The van der Waals surface area contributed by atoms with E-state index in [4.69, 9.17) is 4.42 Å². The number of nitrogens with zero attached hydrogens (tertiary/aromatic N) is 1. The van der Waals surface area contributed by atoms with Gasteiger partial charge in [-0.05, 0) is 64.8 Å². The van der Waals surface area contributed by atoms with E-state index in [0.717, 1.165) is 5.56 Å². The van der Waals surface area contributed by atoms with E-state index < -0.39 is 0 Å². The standard InChI is InChI=1S/C24H24BrN3O4/c1-4-22(29)27-17-11-9-16(10-12-17)15(2)26-23(30)18-7-5-6-8-19(18)28(3)24(31)20-13-14-21(25)32-20/h5-15H,4H2,1-3H3,(H,26,30)(H,27,29). The number of hydrogen-bond acceptors (Lipinski definition) is 4. The Bertz CT molecular complexity index is 1120. The number of carbonyl (C=O) groups excluding carboxylic acids is 3. The molecular formula is C24H24BrN3O4. The van der Waals surface area contributed by atoms with Crippen LogP contribution in [-0.2, 0) is 4.79 Å². The maximum absolute atomic E-state index is 13.0. The molecule has 0 radical (unpaired) electrons. The number of anilines is 2. The molecule has 0 saturated heterocycles. The molecule has 0 spiro atoms. The van der Waals surface area contributed by atoms with Crippen molar-refractivity contribution in [3.8, 4) is 0 Å². The highest BCUT2D eigenvalue weighted by Crippen LogP contribution is 2.24. The van der Waals surface area contributed by atoms with Crippen LogP contribution in [0.1, 0.15) is 52.8 Å². The number of furan rings is 1. The van der Waals surface area contributed by atoms with Crippen molar-refractivity contribution in [3.05, 3.63) is 82.2 Å². The minimum atomic E-state index is -0.367. The van der Waals surface area contributed by atoms with Crippen LogP contribution in [0.25, 0.3) is 0 Å². The van der Waals surface area contributed by atoms with Gasteiger partial charge in [-0.25, -0.2) is 0 Å². The summed E-state index contributed by atoms with van der Waals surface area (Å²) >= 11 is 3.19. The van der Waals surface area contributed by atoms with Crippen LogP contribution in [-0.4, -0.2) is 24.8 Å². The molecule has 0 bridgehead atoms. The molecular weight excluding hydrogens is 474 g/mol. The Morgan fingerprint density at radius 3 is 2.34 bits per heavy atom. The third-order valence-corrected chi connectivity index (χ3v) is 5.39. The summed E-state index contributed by atoms with van der Waals surface area (Å²) in [6.07, 6.45) is 0.405. The van der Waals surface area contributed by atoms with Gasteiger partial charge in [-0.2, -0.15) is 0 Å². The maximum atomic E-state index is 13.0. The van der Waals surface area contributed by atoms with Crippen LogP contribution < -0.4 is 15.5 Å². The number of halogens is 1. The second kappa shape index (κ2) is 10.3. The molecule has 1 atom stereocenters. The summed E-state index contributed by atoms with van der Waals surface area (Å²) in [6, 6.07) is 17.1. The molecule has 166 valence electrons. The zero-order valence-corrected chi connectivity index (χ0v) is 19.6. The van der Waals surface area contributed by atoms with Crippen molar-refractivity contribution in [2.75, 3.05) is 17.3 Å². The highest BCUT2D eigenvalue weighted by atomic mass is 79.9. The second-order valence-electron chi connectivity index (χ2n) is 7.20. The molecule has 8 heteroatoms. The van der Waals surface area contributed by atoms with Gasteiger partial charge in [0.25, 0.3) is 11.8 Å². The predicted molar refractivity (Wildman–Crippen MR) is 127 cm³/mol. The molecule has 1 aromatic heterocycles. The number of amides is 3. The topological polar surface area (TPSA) is 91.7 Å². The molecule has 1 heterocycles. The van der Waals surface area contributed by atoms with Crippen molar-refractivity contribution in [2.45, 2.75) is 26.3 Å². The van der Waals surface area contributed by atoms with Gasteiger partial charge >= 0.3 is 0 Å². The maximum Gasteiger partial charge on any atom is 0.293 e. The normalized spacial score (nSPS) is 11.5. The molecule has 32 heavy (non-hydrogen) atoms. The fourth-order valence-corrected chi connectivity index (χ4v) is 3.43. The summed E-state index contributed by atoms with van der Waals surface area (Å²) in [7, 11) is 1.59. The van der Waals surface area contributed by atoms with Crippen molar-refractivity contribution in [3.63, 3.8) is 0 Å². The lowest BCUT2D eigenvalue weighted by atomic mass is 10.1. The quantitative estimate of drug-likeness (QED) is 0.471. The fraction of sp³-hybridized carbons (Fsp3) is 0.208. The van der Waals surface area contributed by atoms with Gasteiger partial charge in [0.15, 0.2) is 10.4 Å². The Morgan fingerprint density at radius 2 is 1.72 bits per heavy atom. The van der Waals surface area contributed by atoms with Crippen LogP contribution in [0, 0.1) is 0 Å². The van der Waals surface area contributed by atoms with Gasteiger partial charge in [0, 0.05) is 19.2 Å². The second-order valence-corrected chi connectivity index (χ2v) is 7.99. The van der Waals surface area contributed by atoms with Crippen LogP contribution in [0.5, 0.6) is 0 Å². The number of para-hydroxylation sites is 1. The first-order valence-corrected chi connectivity index (χ1v) is 10.9. The summed E-state index contributed by atoms with van der Waals surface area (Å²) in [4.78, 5) is 38.7. The molecule has 2 aromatic carbocycles. The highest BCUT2D eigenvalue weighted by molar-refractivity contribution is 9.10. The summed E-state index contributed by atoms with van der Waals surface area (Å²) in [5.41, 5.74) is 2.42. The first kappa shape index (κ1) is 23.3. The van der Waals surface area contributed by atoms with Gasteiger partial charge in [-0.3, -0.25) is 14.4 Å². The zero-order valence-electron chi connectivity index (χ0n) is 18.0. The molecule has 3 amide bonds. The molecule has 7 nitrogen and oxygen atoms in total. The van der Waals surface area contributed by atoms with Crippen LogP contribution in [0.3, 0.4) is 0 Å². The summed E-state index contributed by atoms with van der Waals surface area (Å²) in [5, 5.41) is 5.76. The zero-order chi connectivity index (χ0) is 23.3. The molecule has 0 aliphatic rings. The molecule has 0 fully saturated rings. The van der Waals surface area contributed by atoms with Gasteiger partial charge in [0.05, 0.1) is 17.3 Å². The number of carbonyl (C=O) groups is 3. The van der Waals surface area contributed by atoms with E-state index in [2.05, 4.69) is 26.6 Å².